The number of carboxylic acid groups (broad SMARTS) is 1. The first-order chi connectivity index (χ1) is 4.54. The number of aliphatic carboxylic acids is 1. The maximum atomic E-state index is 9.90. The van der Waals surface area contributed by atoms with Crippen molar-refractivity contribution >= 4 is 5.97 Å². The lowest BCUT2D eigenvalue weighted by molar-refractivity contribution is -0.136. The minimum Gasteiger partial charge on any atom is -0.480 e. The van der Waals surface area contributed by atoms with Crippen LogP contribution >= 0.6 is 0 Å². The third kappa shape index (κ3) is 4.25. The highest BCUT2D eigenvalue weighted by molar-refractivity contribution is 5.69. The van der Waals surface area contributed by atoms with Gasteiger partial charge in [-0.2, -0.15) is 0 Å². The fraction of sp³-hybridized carbons (Fsp3) is 0.800. The van der Waals surface area contributed by atoms with E-state index in [4.69, 9.17) is 15.3 Å². The molecular formula is C5H11NO4. The van der Waals surface area contributed by atoms with E-state index in [2.05, 4.69) is 5.32 Å². The molecule has 5 nitrogen and oxygen atoms in total. The molecule has 0 radical (unpaired) electrons. The molecule has 10 heavy (non-hydrogen) atoms. The van der Waals surface area contributed by atoms with Gasteiger partial charge in [-0.15, -0.1) is 0 Å². The topological polar surface area (TPSA) is 89.8 Å². The number of nitrogens with one attached hydrogen (secondary N) is 1. The van der Waals surface area contributed by atoms with Crippen molar-refractivity contribution in [3.63, 3.8) is 0 Å². The maximum absolute atomic E-state index is 9.90. The molecule has 0 saturated heterocycles. The molecule has 0 aliphatic carbocycles. The van der Waals surface area contributed by atoms with Crippen molar-refractivity contribution in [1.29, 1.82) is 0 Å². The maximum Gasteiger partial charge on any atom is 0.317 e. The first-order valence-corrected chi connectivity index (χ1v) is 2.85. The van der Waals surface area contributed by atoms with Crippen LogP contribution < -0.4 is 5.32 Å². The highest BCUT2D eigenvalue weighted by Gasteiger charge is 2.09. The molecule has 0 aliphatic heterocycles. The molecule has 0 aromatic heterocycles. The lowest BCUT2D eigenvalue weighted by Gasteiger charge is -2.13. The number of rotatable bonds is 4. The fourth-order valence-electron chi connectivity index (χ4n) is 0.354. The Bertz CT molecular complexity index is 114. The average molecular weight is 149 g/mol. The van der Waals surface area contributed by atoms with Gasteiger partial charge in [-0.3, -0.25) is 10.1 Å². The van der Waals surface area contributed by atoms with Gasteiger partial charge in [-0.25, -0.2) is 0 Å². The van der Waals surface area contributed by atoms with Crippen LogP contribution in [0.15, 0.2) is 0 Å². The lowest BCUT2D eigenvalue weighted by atomic mass is 10.3. The number of hydrogen-bond acceptors (Lipinski definition) is 4. The van der Waals surface area contributed by atoms with Crippen LogP contribution in [0, 0.1) is 0 Å². The zero-order valence-corrected chi connectivity index (χ0v) is 5.61. The van der Waals surface area contributed by atoms with E-state index in [9.17, 15) is 4.79 Å². The average Bonchev–Trinajstić information content (AvgIpc) is 1.82. The zero-order valence-electron chi connectivity index (χ0n) is 5.61. The van der Waals surface area contributed by atoms with Gasteiger partial charge in [-0.05, 0) is 6.92 Å². The molecule has 0 saturated carbocycles. The molecule has 0 bridgehead atoms. The Hall–Kier alpha value is -0.650. The summed E-state index contributed by atoms with van der Waals surface area (Å²) in [4.78, 5) is 9.90. The van der Waals surface area contributed by atoms with Gasteiger partial charge in [0, 0.05) is 0 Å². The van der Waals surface area contributed by atoms with Crippen LogP contribution in [0.1, 0.15) is 6.92 Å². The molecule has 0 amide bonds. The summed E-state index contributed by atoms with van der Waals surface area (Å²) in [5, 5.41) is 27.4. The van der Waals surface area contributed by atoms with E-state index in [1.54, 1.807) is 0 Å². The van der Waals surface area contributed by atoms with E-state index < -0.39 is 18.3 Å². The number of carboxylic acids is 1. The van der Waals surface area contributed by atoms with E-state index >= 15 is 0 Å². The summed E-state index contributed by atoms with van der Waals surface area (Å²) in [6, 6.07) is -0.615. The van der Waals surface area contributed by atoms with Crippen molar-refractivity contribution in [2.75, 3.05) is 6.54 Å². The van der Waals surface area contributed by atoms with Gasteiger partial charge in [-0.1, -0.05) is 0 Å². The van der Waals surface area contributed by atoms with Crippen molar-refractivity contribution in [3.8, 4) is 0 Å². The van der Waals surface area contributed by atoms with Crippen LogP contribution in [0.25, 0.3) is 0 Å². The minimum absolute atomic E-state index is 0.265. The molecule has 0 unspecified atom stereocenters. The summed E-state index contributed by atoms with van der Waals surface area (Å²) in [6.07, 6.45) is -1.51. The highest BCUT2D eigenvalue weighted by atomic mass is 16.5. The van der Waals surface area contributed by atoms with Crippen LogP contribution in [-0.2, 0) is 4.79 Å². The predicted octanol–water partition coefficient (Wildman–Crippen LogP) is -1.64. The Labute approximate surface area is 58.3 Å². The van der Waals surface area contributed by atoms with E-state index in [0.29, 0.717) is 0 Å². The van der Waals surface area contributed by atoms with E-state index in [0.717, 1.165) is 0 Å². The van der Waals surface area contributed by atoms with E-state index in [1.165, 1.54) is 6.92 Å². The second kappa shape index (κ2) is 4.21. The van der Waals surface area contributed by atoms with Gasteiger partial charge in [0.05, 0.1) is 12.6 Å². The molecule has 0 heterocycles. The summed E-state index contributed by atoms with van der Waals surface area (Å²) < 4.78 is 0. The Morgan fingerprint density at radius 1 is 1.60 bits per heavy atom. The van der Waals surface area contributed by atoms with Gasteiger partial charge < -0.3 is 15.3 Å². The number of hydrogen-bond donors (Lipinski definition) is 4. The first-order valence-electron chi connectivity index (χ1n) is 2.85. The summed E-state index contributed by atoms with van der Waals surface area (Å²) in [5.74, 6) is -1.02. The summed E-state index contributed by atoms with van der Waals surface area (Å²) in [5.41, 5.74) is 0. The molecule has 0 rings (SSSR count). The van der Waals surface area contributed by atoms with Crippen molar-refractivity contribution in [2.24, 2.45) is 0 Å². The molecule has 60 valence electrons. The summed E-state index contributed by atoms with van der Waals surface area (Å²) in [7, 11) is 0. The van der Waals surface area contributed by atoms with Crippen LogP contribution in [0.4, 0.5) is 0 Å². The Morgan fingerprint density at radius 3 is 2.40 bits per heavy atom. The third-order valence-electron chi connectivity index (χ3n) is 1.02. The summed E-state index contributed by atoms with van der Waals surface area (Å²) in [6.45, 7) is 1.21. The zero-order chi connectivity index (χ0) is 8.15. The molecular weight excluding hydrogens is 138 g/mol. The largest absolute Gasteiger partial charge is 0.480 e. The highest BCUT2D eigenvalue weighted by Crippen LogP contribution is 1.85. The van der Waals surface area contributed by atoms with Crippen LogP contribution in [0.5, 0.6) is 0 Å². The van der Waals surface area contributed by atoms with Gasteiger partial charge in [0.25, 0.3) is 0 Å². The summed E-state index contributed by atoms with van der Waals surface area (Å²) >= 11 is 0. The fourth-order valence-corrected chi connectivity index (χ4v) is 0.354. The monoisotopic (exact) mass is 149 g/mol. The predicted molar refractivity (Wildman–Crippen MR) is 33.3 cm³/mol. The lowest BCUT2D eigenvalue weighted by Crippen LogP contribution is -2.39. The van der Waals surface area contributed by atoms with E-state index in [1.807, 2.05) is 0 Å². The number of aliphatic hydroxyl groups is 2. The standard InChI is InChI=1S/C5H11NO4/c1-3(5(9)10)6-2-4(7)8/h3,5-6,9-10H,2H2,1H3,(H,7,8)/t3-/m0/s1. The molecule has 0 spiro atoms. The molecule has 0 aliphatic rings. The van der Waals surface area contributed by atoms with Crippen molar-refractivity contribution in [2.45, 2.75) is 19.3 Å². The minimum atomic E-state index is -1.51. The van der Waals surface area contributed by atoms with Gasteiger partial charge >= 0.3 is 5.97 Å². The number of aliphatic hydroxyl groups excluding tert-OH is 1. The smallest absolute Gasteiger partial charge is 0.317 e. The normalized spacial score (nSPS) is 13.6. The quantitative estimate of drug-likeness (QED) is 0.360. The van der Waals surface area contributed by atoms with Crippen molar-refractivity contribution in [3.05, 3.63) is 0 Å². The van der Waals surface area contributed by atoms with Gasteiger partial charge in [0.2, 0.25) is 0 Å². The van der Waals surface area contributed by atoms with Crippen LogP contribution in [0.3, 0.4) is 0 Å². The molecule has 4 N–H and O–H groups in total. The molecule has 0 fully saturated rings. The molecule has 0 aromatic carbocycles. The van der Waals surface area contributed by atoms with Crippen molar-refractivity contribution in [1.82, 2.24) is 5.32 Å². The van der Waals surface area contributed by atoms with Crippen molar-refractivity contribution < 1.29 is 20.1 Å². The Morgan fingerprint density at radius 2 is 2.10 bits per heavy atom. The van der Waals surface area contributed by atoms with Crippen LogP contribution in [-0.4, -0.2) is 40.2 Å². The second-order valence-corrected chi connectivity index (χ2v) is 1.98. The Kier molecular flexibility index (Phi) is 3.94. The molecule has 0 aromatic rings. The van der Waals surface area contributed by atoms with Gasteiger partial charge in [0.15, 0.2) is 6.29 Å². The molecule has 5 heteroatoms. The van der Waals surface area contributed by atoms with Crippen LogP contribution in [0.2, 0.25) is 0 Å². The SMILES string of the molecule is C[C@H](NCC(=O)O)C(O)O. The van der Waals surface area contributed by atoms with Gasteiger partial charge in [0.1, 0.15) is 0 Å². The Balaban J connectivity index is 3.39. The number of carbonyl (C=O) groups is 1. The second-order valence-electron chi connectivity index (χ2n) is 1.98. The molecule has 1 atom stereocenters. The van der Waals surface area contributed by atoms with E-state index in [-0.39, 0.29) is 6.54 Å². The third-order valence-corrected chi connectivity index (χ3v) is 1.02. The first kappa shape index (κ1) is 9.35.